The Balaban J connectivity index is 1.54. The number of sulfonamides is 1. The quantitative estimate of drug-likeness (QED) is 0.262. The lowest BCUT2D eigenvalue weighted by Crippen LogP contribution is -2.25. The summed E-state index contributed by atoms with van der Waals surface area (Å²) in [6.07, 6.45) is 2.87. The van der Waals surface area contributed by atoms with Crippen LogP contribution < -0.4 is 9.62 Å². The van der Waals surface area contributed by atoms with Crippen LogP contribution in [0.4, 0.5) is 10.1 Å². The van der Waals surface area contributed by atoms with Crippen LogP contribution in [0.3, 0.4) is 0 Å². The van der Waals surface area contributed by atoms with Gasteiger partial charge in [0.25, 0.3) is 5.91 Å². The first-order valence-electron chi connectivity index (χ1n) is 13.3. The second-order valence-corrected chi connectivity index (χ2v) is 12.3. The molecule has 0 atom stereocenters. The second kappa shape index (κ2) is 9.63. The van der Waals surface area contributed by atoms with Gasteiger partial charge in [0.05, 0.1) is 39.8 Å². The molecule has 0 spiro atoms. The van der Waals surface area contributed by atoms with E-state index >= 15 is 0 Å². The summed E-state index contributed by atoms with van der Waals surface area (Å²) in [5.74, 6) is -0.607. The van der Waals surface area contributed by atoms with E-state index in [0.29, 0.717) is 38.9 Å². The zero-order chi connectivity index (χ0) is 30.0. The second-order valence-electron chi connectivity index (χ2n) is 10.3. The van der Waals surface area contributed by atoms with Gasteiger partial charge in [0.2, 0.25) is 10.0 Å². The van der Waals surface area contributed by atoms with Crippen LogP contribution in [0.2, 0.25) is 0 Å². The summed E-state index contributed by atoms with van der Waals surface area (Å²) in [5, 5.41) is 4.14. The van der Waals surface area contributed by atoms with Gasteiger partial charge in [0.1, 0.15) is 29.0 Å². The summed E-state index contributed by atoms with van der Waals surface area (Å²) in [6.45, 7) is 0. The molecular formula is C32H24FN5O4S. The van der Waals surface area contributed by atoms with Gasteiger partial charge in [-0.25, -0.2) is 22.8 Å². The van der Waals surface area contributed by atoms with Crippen LogP contribution in [0.1, 0.15) is 10.4 Å². The van der Waals surface area contributed by atoms with Crippen LogP contribution in [0.25, 0.3) is 61.0 Å². The molecule has 0 aliphatic carbocycles. The average Bonchev–Trinajstić information content (AvgIpc) is 3.58. The van der Waals surface area contributed by atoms with Gasteiger partial charge < -0.3 is 9.73 Å². The molecule has 0 saturated heterocycles. The molecule has 1 N–H and O–H groups in total. The summed E-state index contributed by atoms with van der Waals surface area (Å²) in [7, 11) is -0.749. The Kier molecular flexibility index (Phi) is 5.96. The number of rotatable bonds is 5. The van der Waals surface area contributed by atoms with Crippen LogP contribution in [0.5, 0.6) is 0 Å². The third kappa shape index (κ3) is 4.28. The average molecular weight is 594 g/mol. The molecule has 0 saturated carbocycles. The number of nitrogens with zero attached hydrogens (tertiary/aromatic N) is 4. The van der Waals surface area contributed by atoms with Crippen molar-refractivity contribution in [1.82, 2.24) is 19.7 Å². The molecule has 4 aromatic heterocycles. The Labute approximate surface area is 245 Å². The van der Waals surface area contributed by atoms with E-state index < -0.39 is 21.7 Å². The zero-order valence-electron chi connectivity index (χ0n) is 23.3. The van der Waals surface area contributed by atoms with E-state index in [1.807, 2.05) is 40.8 Å². The number of furan rings is 1. The van der Waals surface area contributed by atoms with Crippen molar-refractivity contribution in [1.29, 1.82) is 0 Å². The zero-order valence-corrected chi connectivity index (χ0v) is 24.1. The van der Waals surface area contributed by atoms with Gasteiger partial charge in [0.15, 0.2) is 0 Å². The summed E-state index contributed by atoms with van der Waals surface area (Å²) in [4.78, 5) is 22.8. The lowest BCUT2D eigenvalue weighted by molar-refractivity contribution is 0.0964. The molecule has 7 aromatic rings. The molecule has 0 fully saturated rings. The molecule has 0 radical (unpaired) electrons. The van der Waals surface area contributed by atoms with Crippen molar-refractivity contribution in [3.05, 3.63) is 96.6 Å². The molecule has 214 valence electrons. The number of carbonyl (C=O) groups is 1. The molecule has 3 aromatic carbocycles. The van der Waals surface area contributed by atoms with Gasteiger partial charge >= 0.3 is 0 Å². The van der Waals surface area contributed by atoms with Gasteiger partial charge in [-0.1, -0.05) is 18.2 Å². The van der Waals surface area contributed by atoms with Gasteiger partial charge in [-0.2, -0.15) is 0 Å². The van der Waals surface area contributed by atoms with Crippen molar-refractivity contribution in [2.75, 3.05) is 24.7 Å². The van der Waals surface area contributed by atoms with Crippen LogP contribution >= 0.6 is 0 Å². The van der Waals surface area contributed by atoms with Gasteiger partial charge in [-0.3, -0.25) is 13.5 Å². The van der Waals surface area contributed by atoms with Crippen molar-refractivity contribution in [2.24, 2.45) is 0 Å². The molecule has 0 aliphatic rings. The maximum atomic E-state index is 13.7. The minimum absolute atomic E-state index is 0.233. The number of halogens is 1. The topological polar surface area (TPSA) is 110 Å². The van der Waals surface area contributed by atoms with E-state index in [2.05, 4.69) is 10.3 Å². The normalized spacial score (nSPS) is 12.0. The molecule has 0 aliphatic heterocycles. The highest BCUT2D eigenvalue weighted by molar-refractivity contribution is 7.92. The Morgan fingerprint density at radius 2 is 1.77 bits per heavy atom. The number of para-hydroxylation sites is 1. The fourth-order valence-corrected chi connectivity index (χ4v) is 5.94. The number of pyridine rings is 1. The third-order valence-electron chi connectivity index (χ3n) is 7.66. The van der Waals surface area contributed by atoms with Gasteiger partial charge in [-0.15, -0.1) is 0 Å². The number of nitrogens with one attached hydrogen (secondary N) is 1. The van der Waals surface area contributed by atoms with Crippen molar-refractivity contribution >= 4 is 60.0 Å². The fourth-order valence-electron chi connectivity index (χ4n) is 5.43. The van der Waals surface area contributed by atoms with E-state index in [9.17, 15) is 17.6 Å². The molecule has 11 heteroatoms. The molecule has 0 bridgehead atoms. The Bertz CT molecular complexity index is 2360. The number of hydrogen-bond donors (Lipinski definition) is 1. The Hall–Kier alpha value is -5.29. The third-order valence-corrected chi connectivity index (χ3v) is 8.85. The highest BCUT2D eigenvalue weighted by Gasteiger charge is 2.26. The van der Waals surface area contributed by atoms with E-state index in [1.165, 1.54) is 38.4 Å². The SMILES string of the molecule is CNC(=O)c1c(-c2ccc(F)cc2)oc2cc(N(C)S(C)(=O)=O)c(-c3ccc4ncn5c6ccccc6cc5c4n3)cc12. The van der Waals surface area contributed by atoms with Crippen LogP contribution in [0, 0.1) is 5.82 Å². The number of hydrogen-bond acceptors (Lipinski definition) is 6. The lowest BCUT2D eigenvalue weighted by Gasteiger charge is -2.20. The van der Waals surface area contributed by atoms with Crippen LogP contribution in [-0.4, -0.2) is 49.0 Å². The van der Waals surface area contributed by atoms with E-state index in [0.717, 1.165) is 27.0 Å². The van der Waals surface area contributed by atoms with Gasteiger partial charge in [-0.05, 0) is 54.6 Å². The first-order valence-corrected chi connectivity index (χ1v) is 15.2. The smallest absolute Gasteiger partial charge is 0.255 e. The molecule has 7 rings (SSSR count). The summed E-state index contributed by atoms with van der Waals surface area (Å²) < 4.78 is 48.6. The van der Waals surface area contributed by atoms with E-state index in [1.54, 1.807) is 24.5 Å². The summed E-state index contributed by atoms with van der Waals surface area (Å²) in [5.41, 5.74) is 5.42. The van der Waals surface area contributed by atoms with E-state index in [-0.39, 0.29) is 16.9 Å². The highest BCUT2D eigenvalue weighted by atomic mass is 32.2. The number of benzene rings is 3. The minimum Gasteiger partial charge on any atom is -0.455 e. The van der Waals surface area contributed by atoms with Crippen molar-refractivity contribution in [3.8, 4) is 22.6 Å². The lowest BCUT2D eigenvalue weighted by atomic mass is 10.0. The van der Waals surface area contributed by atoms with E-state index in [4.69, 9.17) is 9.40 Å². The number of carbonyl (C=O) groups excluding carboxylic acids is 1. The molecule has 1 amide bonds. The molecule has 0 unspecified atom stereocenters. The number of amides is 1. The fraction of sp³-hybridized carbons (Fsp3) is 0.0938. The Morgan fingerprint density at radius 3 is 2.51 bits per heavy atom. The van der Waals surface area contributed by atoms with Crippen molar-refractivity contribution < 1.29 is 22.0 Å². The highest BCUT2D eigenvalue weighted by Crippen LogP contribution is 2.41. The molecule has 43 heavy (non-hydrogen) atoms. The summed E-state index contributed by atoms with van der Waals surface area (Å²) in [6, 6.07) is 22.5. The Morgan fingerprint density at radius 1 is 1.00 bits per heavy atom. The van der Waals surface area contributed by atoms with Crippen LogP contribution in [0.15, 0.2) is 89.6 Å². The molecular weight excluding hydrogens is 569 g/mol. The summed E-state index contributed by atoms with van der Waals surface area (Å²) >= 11 is 0. The standard InChI is InChI=1S/C32H24FN5O4S/c1-34-32(39)29-22-15-21(23-12-13-24-30(36-23)27-14-19-6-4-5-7-25(19)38(27)17-35-24)26(37(2)43(3,40)41)16-28(22)42-31(29)18-8-10-20(33)11-9-18/h4-17H,1-3H3,(H,34,39). The largest absolute Gasteiger partial charge is 0.455 e. The van der Waals surface area contributed by atoms with Gasteiger partial charge in [0, 0.05) is 42.1 Å². The van der Waals surface area contributed by atoms with Crippen LogP contribution in [-0.2, 0) is 10.0 Å². The van der Waals surface area contributed by atoms with Crippen molar-refractivity contribution in [2.45, 2.75) is 0 Å². The minimum atomic E-state index is -3.70. The molecule has 4 heterocycles. The number of aromatic nitrogens is 3. The maximum Gasteiger partial charge on any atom is 0.255 e. The maximum absolute atomic E-state index is 13.7. The molecule has 9 nitrogen and oxygen atoms in total. The monoisotopic (exact) mass is 593 g/mol. The first kappa shape index (κ1) is 26.6. The first-order chi connectivity index (χ1) is 20.6. The number of anilines is 1. The predicted molar refractivity (Wildman–Crippen MR) is 165 cm³/mol. The number of fused-ring (bicyclic) bond motifs is 6. The predicted octanol–water partition coefficient (Wildman–Crippen LogP) is 6.01. The van der Waals surface area contributed by atoms with Crippen molar-refractivity contribution in [3.63, 3.8) is 0 Å².